The molecule has 5 nitrogen and oxygen atoms in total. The number of amides is 3. The van der Waals surface area contributed by atoms with Gasteiger partial charge in [-0.1, -0.05) is 12.8 Å². The normalized spacial score (nSPS) is 15.4. The number of hydrogen-bond donors (Lipinski definition) is 2. The molecule has 19 heavy (non-hydrogen) atoms. The van der Waals surface area contributed by atoms with E-state index in [4.69, 9.17) is 4.42 Å². The molecule has 1 aliphatic carbocycles. The minimum Gasteiger partial charge on any atom is -0.467 e. The quantitative estimate of drug-likeness (QED) is 0.869. The Morgan fingerprint density at radius 2 is 2.16 bits per heavy atom. The largest absolute Gasteiger partial charge is 0.467 e. The van der Waals surface area contributed by atoms with E-state index < -0.39 is 6.03 Å². The van der Waals surface area contributed by atoms with E-state index in [-0.39, 0.29) is 12.5 Å². The lowest BCUT2D eigenvalue weighted by Gasteiger charge is -2.08. The summed E-state index contributed by atoms with van der Waals surface area (Å²) < 4.78 is 5.07. The van der Waals surface area contributed by atoms with Gasteiger partial charge in [-0.25, -0.2) is 4.79 Å². The van der Waals surface area contributed by atoms with Crippen molar-refractivity contribution < 1.29 is 14.0 Å². The highest BCUT2D eigenvalue weighted by Crippen LogP contribution is 2.28. The van der Waals surface area contributed by atoms with Crippen molar-refractivity contribution in [2.24, 2.45) is 0 Å². The number of rotatable bonds is 5. The van der Waals surface area contributed by atoms with Crippen LogP contribution in [-0.4, -0.2) is 22.9 Å². The Labute approximate surface area is 116 Å². The second-order valence-electron chi connectivity index (χ2n) is 4.53. The average Bonchev–Trinajstić information content (AvgIpc) is 3.07. The van der Waals surface area contributed by atoms with Crippen molar-refractivity contribution >= 4 is 23.7 Å². The molecule has 0 spiro atoms. The van der Waals surface area contributed by atoms with Gasteiger partial charge in [-0.2, -0.15) is 0 Å². The summed E-state index contributed by atoms with van der Waals surface area (Å²) in [5.74, 6) is 0.760. The van der Waals surface area contributed by atoms with Gasteiger partial charge in [-0.15, -0.1) is 11.8 Å². The van der Waals surface area contributed by atoms with Crippen LogP contribution >= 0.6 is 11.8 Å². The van der Waals surface area contributed by atoms with Gasteiger partial charge in [-0.05, 0) is 25.0 Å². The van der Waals surface area contributed by atoms with Crippen molar-refractivity contribution in [3.8, 4) is 0 Å². The van der Waals surface area contributed by atoms with Gasteiger partial charge in [0.15, 0.2) is 0 Å². The predicted octanol–water partition coefficient (Wildman–Crippen LogP) is 2.28. The third kappa shape index (κ3) is 4.98. The summed E-state index contributed by atoms with van der Waals surface area (Å²) in [7, 11) is 0. The zero-order valence-electron chi connectivity index (χ0n) is 10.7. The van der Waals surface area contributed by atoms with Crippen LogP contribution in [0.5, 0.6) is 0 Å². The average molecular weight is 282 g/mol. The molecule has 104 valence electrons. The zero-order valence-corrected chi connectivity index (χ0v) is 11.5. The van der Waals surface area contributed by atoms with Crippen molar-refractivity contribution in [2.45, 2.75) is 37.5 Å². The summed E-state index contributed by atoms with van der Waals surface area (Å²) in [5.41, 5.74) is 0. The second kappa shape index (κ2) is 7.23. The lowest BCUT2D eigenvalue weighted by atomic mass is 10.4. The van der Waals surface area contributed by atoms with Gasteiger partial charge in [0, 0.05) is 5.25 Å². The third-order valence-corrected chi connectivity index (χ3v) is 4.38. The van der Waals surface area contributed by atoms with Crippen molar-refractivity contribution in [2.75, 3.05) is 5.75 Å². The lowest BCUT2D eigenvalue weighted by molar-refractivity contribution is -0.117. The number of nitrogens with one attached hydrogen (secondary N) is 2. The maximum Gasteiger partial charge on any atom is 0.321 e. The summed E-state index contributed by atoms with van der Waals surface area (Å²) in [5, 5.41) is 5.47. The number of carbonyl (C=O) groups is 2. The van der Waals surface area contributed by atoms with Gasteiger partial charge >= 0.3 is 6.03 Å². The molecular formula is C13H18N2O3S. The molecule has 0 atom stereocenters. The highest BCUT2D eigenvalue weighted by atomic mass is 32.2. The highest BCUT2D eigenvalue weighted by molar-refractivity contribution is 8.00. The Morgan fingerprint density at radius 1 is 1.37 bits per heavy atom. The van der Waals surface area contributed by atoms with Crippen molar-refractivity contribution in [1.82, 2.24) is 10.6 Å². The Kier molecular flexibility index (Phi) is 5.32. The zero-order chi connectivity index (χ0) is 13.5. The van der Waals surface area contributed by atoms with Gasteiger partial charge in [-0.3, -0.25) is 10.1 Å². The Hall–Kier alpha value is -1.43. The summed E-state index contributed by atoms with van der Waals surface area (Å²) in [6.45, 7) is 0.280. The lowest BCUT2D eigenvalue weighted by Crippen LogP contribution is -2.40. The van der Waals surface area contributed by atoms with Crippen LogP contribution in [0.1, 0.15) is 31.4 Å². The first-order valence-electron chi connectivity index (χ1n) is 6.45. The van der Waals surface area contributed by atoms with E-state index in [0.717, 1.165) is 0 Å². The Balaban J connectivity index is 1.59. The van der Waals surface area contributed by atoms with E-state index in [2.05, 4.69) is 10.6 Å². The van der Waals surface area contributed by atoms with Gasteiger partial charge in [0.2, 0.25) is 5.91 Å². The molecule has 2 N–H and O–H groups in total. The molecule has 0 radical (unpaired) electrons. The van der Waals surface area contributed by atoms with Gasteiger partial charge in [0.05, 0.1) is 18.6 Å². The van der Waals surface area contributed by atoms with E-state index in [1.54, 1.807) is 23.9 Å². The Bertz CT molecular complexity index is 414. The predicted molar refractivity (Wildman–Crippen MR) is 73.8 cm³/mol. The highest BCUT2D eigenvalue weighted by Gasteiger charge is 2.17. The molecular weight excluding hydrogens is 264 g/mol. The number of carbonyl (C=O) groups excluding carboxylic acids is 2. The topological polar surface area (TPSA) is 71.3 Å². The molecule has 3 amide bonds. The first kappa shape index (κ1) is 14.0. The fourth-order valence-corrected chi connectivity index (χ4v) is 3.16. The minimum absolute atomic E-state index is 0.242. The summed E-state index contributed by atoms with van der Waals surface area (Å²) in [6, 6.07) is 3.03. The minimum atomic E-state index is -0.478. The van der Waals surface area contributed by atoms with Crippen molar-refractivity contribution in [1.29, 1.82) is 0 Å². The molecule has 0 aromatic carbocycles. The molecule has 1 aromatic heterocycles. The van der Waals surface area contributed by atoms with E-state index in [1.165, 1.54) is 31.9 Å². The fourth-order valence-electron chi connectivity index (χ4n) is 2.04. The van der Waals surface area contributed by atoms with Crippen molar-refractivity contribution in [3.05, 3.63) is 24.2 Å². The fraction of sp³-hybridized carbons (Fsp3) is 0.538. The monoisotopic (exact) mass is 282 g/mol. The molecule has 1 heterocycles. The summed E-state index contributed by atoms with van der Waals surface area (Å²) in [4.78, 5) is 23.0. The molecule has 0 saturated heterocycles. The molecule has 6 heteroatoms. The van der Waals surface area contributed by atoms with Crippen molar-refractivity contribution in [3.63, 3.8) is 0 Å². The number of imide groups is 1. The first-order valence-corrected chi connectivity index (χ1v) is 7.50. The van der Waals surface area contributed by atoms with E-state index in [1.807, 2.05) is 0 Å². The van der Waals surface area contributed by atoms with Gasteiger partial charge in [0.25, 0.3) is 0 Å². The van der Waals surface area contributed by atoms with Crippen LogP contribution in [0, 0.1) is 0 Å². The molecule has 1 fully saturated rings. The second-order valence-corrected chi connectivity index (χ2v) is 5.82. The number of urea groups is 1. The van der Waals surface area contributed by atoms with Gasteiger partial charge < -0.3 is 9.73 Å². The Morgan fingerprint density at radius 3 is 2.84 bits per heavy atom. The number of thioether (sulfide) groups is 1. The van der Waals surface area contributed by atoms with Crippen LogP contribution in [0.25, 0.3) is 0 Å². The molecule has 2 rings (SSSR count). The molecule has 0 unspecified atom stereocenters. The van der Waals surface area contributed by atoms with Crippen LogP contribution in [0.4, 0.5) is 4.79 Å². The third-order valence-electron chi connectivity index (χ3n) is 3.01. The van der Waals surface area contributed by atoms with E-state index in [0.29, 0.717) is 16.8 Å². The standard InChI is InChI=1S/C13H18N2O3S/c16-12(9-19-11-5-1-2-6-11)15-13(17)14-8-10-4-3-7-18-10/h3-4,7,11H,1-2,5-6,8-9H2,(H2,14,15,16,17). The molecule has 1 saturated carbocycles. The van der Waals surface area contributed by atoms with Crippen LogP contribution in [0.2, 0.25) is 0 Å². The molecule has 0 aliphatic heterocycles. The maximum absolute atomic E-state index is 11.6. The number of furan rings is 1. The summed E-state index contributed by atoms with van der Waals surface area (Å²) in [6.07, 6.45) is 6.41. The first-order chi connectivity index (χ1) is 9.24. The van der Waals surface area contributed by atoms with Crippen LogP contribution in [0.15, 0.2) is 22.8 Å². The summed E-state index contributed by atoms with van der Waals surface area (Å²) >= 11 is 1.64. The SMILES string of the molecule is O=C(CSC1CCCC1)NC(=O)NCc1ccco1. The van der Waals surface area contributed by atoms with Crippen LogP contribution in [0.3, 0.4) is 0 Å². The molecule has 1 aromatic rings. The van der Waals surface area contributed by atoms with Crippen LogP contribution in [-0.2, 0) is 11.3 Å². The molecule has 1 aliphatic rings. The van der Waals surface area contributed by atoms with Crippen LogP contribution < -0.4 is 10.6 Å². The smallest absolute Gasteiger partial charge is 0.321 e. The maximum atomic E-state index is 11.6. The van der Waals surface area contributed by atoms with Gasteiger partial charge in [0.1, 0.15) is 5.76 Å². The van der Waals surface area contributed by atoms with E-state index >= 15 is 0 Å². The van der Waals surface area contributed by atoms with E-state index in [9.17, 15) is 9.59 Å². The number of hydrogen-bond acceptors (Lipinski definition) is 4. The molecule has 0 bridgehead atoms.